The lowest BCUT2D eigenvalue weighted by Gasteiger charge is -2.28. The van der Waals surface area contributed by atoms with E-state index in [0.717, 1.165) is 29.7 Å². The van der Waals surface area contributed by atoms with E-state index >= 15 is 0 Å². The Balaban J connectivity index is 1.60. The van der Waals surface area contributed by atoms with Gasteiger partial charge in [0.15, 0.2) is 0 Å². The molecular weight excluding hydrogens is 585 g/mol. The maximum absolute atomic E-state index is 13.5. The van der Waals surface area contributed by atoms with Gasteiger partial charge in [-0.3, -0.25) is 14.4 Å². The molecule has 3 atom stereocenters. The number of hydrogen-bond acceptors (Lipinski definition) is 5. The number of ether oxygens (including phenoxy) is 1. The monoisotopic (exact) mass is 626 g/mol. The maximum Gasteiger partial charge on any atom is 0.573 e. The smallest absolute Gasteiger partial charge is 0.406 e. The van der Waals surface area contributed by atoms with Gasteiger partial charge in [-0.25, -0.2) is 0 Å². The number of aliphatic hydroxyl groups is 1. The molecule has 3 aromatic rings. The molecule has 10 heteroatoms. The van der Waals surface area contributed by atoms with Crippen LogP contribution in [0.3, 0.4) is 0 Å². The predicted molar refractivity (Wildman–Crippen MR) is 165 cm³/mol. The molecule has 0 saturated carbocycles. The van der Waals surface area contributed by atoms with Crippen LogP contribution in [0, 0.1) is 5.92 Å². The predicted octanol–water partition coefficient (Wildman–Crippen LogP) is 5.73. The van der Waals surface area contributed by atoms with Gasteiger partial charge < -0.3 is 20.5 Å². The van der Waals surface area contributed by atoms with E-state index in [-0.39, 0.29) is 36.5 Å². The third-order valence-corrected chi connectivity index (χ3v) is 7.34. The van der Waals surface area contributed by atoms with E-state index in [9.17, 15) is 32.7 Å². The first kappa shape index (κ1) is 35.3. The van der Waals surface area contributed by atoms with Gasteiger partial charge in [0.05, 0.1) is 18.6 Å². The Kier molecular flexibility index (Phi) is 13.6. The van der Waals surface area contributed by atoms with E-state index in [2.05, 4.69) is 15.4 Å². The molecule has 0 aliphatic carbocycles. The number of aryl methyl sites for hydroxylation is 1. The summed E-state index contributed by atoms with van der Waals surface area (Å²) in [6, 6.07) is 22.6. The Morgan fingerprint density at radius 1 is 0.822 bits per heavy atom. The normalized spacial score (nSPS) is 13.5. The van der Waals surface area contributed by atoms with Gasteiger partial charge in [0.2, 0.25) is 11.8 Å². The van der Waals surface area contributed by atoms with Crippen LogP contribution in [0.4, 0.5) is 13.2 Å². The zero-order valence-electron chi connectivity index (χ0n) is 25.6. The summed E-state index contributed by atoms with van der Waals surface area (Å²) in [5, 5.41) is 16.7. The maximum atomic E-state index is 13.5. The highest BCUT2D eigenvalue weighted by molar-refractivity contribution is 5.88. The number of ketones is 1. The lowest BCUT2D eigenvalue weighted by atomic mass is 9.95. The largest absolute Gasteiger partial charge is 0.573 e. The second-order valence-corrected chi connectivity index (χ2v) is 11.4. The summed E-state index contributed by atoms with van der Waals surface area (Å²) in [5.41, 5.74) is 2.32. The molecule has 0 aromatic heterocycles. The lowest BCUT2D eigenvalue weighted by molar-refractivity contribution is -0.274. The molecule has 0 saturated heterocycles. The van der Waals surface area contributed by atoms with Gasteiger partial charge in [-0.2, -0.15) is 0 Å². The van der Waals surface area contributed by atoms with Crippen molar-refractivity contribution in [2.45, 2.75) is 83.3 Å². The molecule has 0 heterocycles. The molecule has 0 aliphatic heterocycles. The van der Waals surface area contributed by atoms with Crippen LogP contribution in [0.25, 0.3) is 0 Å². The van der Waals surface area contributed by atoms with Gasteiger partial charge in [-0.15, -0.1) is 13.2 Å². The van der Waals surface area contributed by atoms with Gasteiger partial charge in [0.25, 0.3) is 0 Å². The first-order chi connectivity index (χ1) is 21.4. The fourth-order valence-corrected chi connectivity index (χ4v) is 4.99. The van der Waals surface area contributed by atoms with Crippen molar-refractivity contribution in [2.75, 3.05) is 0 Å². The molecule has 0 unspecified atom stereocenters. The Bertz CT molecular complexity index is 1370. The molecule has 2 amide bonds. The van der Waals surface area contributed by atoms with Gasteiger partial charge in [-0.05, 0) is 60.4 Å². The molecule has 0 aliphatic rings. The van der Waals surface area contributed by atoms with E-state index in [1.807, 2.05) is 60.7 Å². The topological polar surface area (TPSA) is 105 Å². The zero-order valence-corrected chi connectivity index (χ0v) is 25.6. The number of alkyl halides is 3. The first-order valence-electron chi connectivity index (χ1n) is 15.1. The van der Waals surface area contributed by atoms with Crippen LogP contribution in [-0.4, -0.2) is 47.3 Å². The summed E-state index contributed by atoms with van der Waals surface area (Å²) < 4.78 is 41.7. The molecule has 0 spiro atoms. The summed E-state index contributed by atoms with van der Waals surface area (Å²) in [7, 11) is 0. The van der Waals surface area contributed by atoms with E-state index < -0.39 is 42.1 Å². The summed E-state index contributed by atoms with van der Waals surface area (Å²) in [6.45, 7) is 3.50. The van der Waals surface area contributed by atoms with Crippen LogP contribution in [0.15, 0.2) is 84.9 Å². The average molecular weight is 627 g/mol. The average Bonchev–Trinajstić information content (AvgIpc) is 2.98. The Morgan fingerprint density at radius 3 is 2.07 bits per heavy atom. The van der Waals surface area contributed by atoms with Crippen molar-refractivity contribution in [3.63, 3.8) is 0 Å². The molecule has 3 N–H and O–H groups in total. The van der Waals surface area contributed by atoms with Gasteiger partial charge in [-0.1, -0.05) is 86.6 Å². The molecule has 3 aromatic carbocycles. The summed E-state index contributed by atoms with van der Waals surface area (Å²) >= 11 is 0. The minimum Gasteiger partial charge on any atom is -0.406 e. The minimum atomic E-state index is -4.86. The zero-order chi connectivity index (χ0) is 32.8. The molecule has 3 rings (SSSR count). The number of carbonyl (C=O) groups excluding carboxylic acids is 3. The molecule has 0 bridgehead atoms. The highest BCUT2D eigenvalue weighted by Crippen LogP contribution is 2.23. The molecule has 242 valence electrons. The van der Waals surface area contributed by atoms with Crippen molar-refractivity contribution < 1.29 is 37.4 Å². The number of carbonyl (C=O) groups is 3. The third-order valence-electron chi connectivity index (χ3n) is 7.34. The Hall–Kier alpha value is -4.18. The van der Waals surface area contributed by atoms with Gasteiger partial charge in [0.1, 0.15) is 17.6 Å². The molecule has 7 nitrogen and oxygen atoms in total. The number of halogens is 3. The first-order valence-corrected chi connectivity index (χ1v) is 15.1. The van der Waals surface area contributed by atoms with Crippen LogP contribution in [0.1, 0.15) is 56.2 Å². The van der Waals surface area contributed by atoms with Crippen molar-refractivity contribution in [2.24, 2.45) is 5.92 Å². The second kappa shape index (κ2) is 17.3. The molecule has 0 fully saturated rings. The summed E-state index contributed by atoms with van der Waals surface area (Å²) in [6.07, 6.45) is -3.63. The summed E-state index contributed by atoms with van der Waals surface area (Å²) in [5.74, 6) is -1.82. The molecule has 0 radical (unpaired) electrons. The number of amides is 2. The number of rotatable bonds is 17. The van der Waals surface area contributed by atoms with Crippen molar-refractivity contribution in [3.8, 4) is 5.75 Å². The lowest BCUT2D eigenvalue weighted by Crippen LogP contribution is -2.55. The van der Waals surface area contributed by atoms with Crippen molar-refractivity contribution in [1.29, 1.82) is 0 Å². The number of benzene rings is 3. The number of hydrogen-bond donors (Lipinski definition) is 3. The highest BCUT2D eigenvalue weighted by atomic mass is 19.4. The van der Waals surface area contributed by atoms with Crippen LogP contribution in [0.2, 0.25) is 0 Å². The van der Waals surface area contributed by atoms with Crippen LogP contribution in [0.5, 0.6) is 5.75 Å². The minimum absolute atomic E-state index is 0.0341. The van der Waals surface area contributed by atoms with Crippen LogP contribution in [-0.2, 0) is 33.6 Å². The van der Waals surface area contributed by atoms with Crippen LogP contribution < -0.4 is 15.4 Å². The van der Waals surface area contributed by atoms with E-state index in [0.29, 0.717) is 19.3 Å². The fraction of sp³-hybridized carbons (Fsp3) is 0.400. The van der Waals surface area contributed by atoms with E-state index in [1.54, 1.807) is 13.8 Å². The quantitative estimate of drug-likeness (QED) is 0.178. The van der Waals surface area contributed by atoms with E-state index in [1.165, 1.54) is 12.1 Å². The second-order valence-electron chi connectivity index (χ2n) is 11.4. The van der Waals surface area contributed by atoms with E-state index in [4.69, 9.17) is 0 Å². The number of nitrogens with one attached hydrogen (secondary N) is 2. The van der Waals surface area contributed by atoms with Gasteiger partial charge in [0, 0.05) is 12.8 Å². The Morgan fingerprint density at radius 2 is 1.44 bits per heavy atom. The SMILES string of the molecule is CC(C)[C@H](NC(=O)Cc1cccc(OC(F)(F)F)c1)C(=O)N[C@@H](Cc1ccccc1)[C@@H](O)CCC(=O)CCCc1ccccc1. The standard InChI is InChI=1S/C35H41F3N2O5/c1-24(2)33(40-32(43)23-27-16-10-18-29(21-27)45-35(36,37)38)34(44)39-30(22-26-13-7-4-8-14-26)31(42)20-19-28(41)17-9-15-25-11-5-3-6-12-25/h3-8,10-14,16,18,21,24,30-31,33,42H,9,15,17,19-20,22-23H2,1-2H3,(H,39,44)(H,40,43)/t30-,31-,33-/m0/s1. The molecular formula is C35H41F3N2O5. The van der Waals surface area contributed by atoms with Crippen molar-refractivity contribution in [1.82, 2.24) is 10.6 Å². The number of aliphatic hydroxyl groups excluding tert-OH is 1. The third kappa shape index (κ3) is 13.1. The van der Waals surface area contributed by atoms with Crippen molar-refractivity contribution >= 4 is 17.6 Å². The fourth-order valence-electron chi connectivity index (χ4n) is 4.99. The highest BCUT2D eigenvalue weighted by Gasteiger charge is 2.32. The summed E-state index contributed by atoms with van der Waals surface area (Å²) in [4.78, 5) is 38.9. The van der Waals surface area contributed by atoms with Crippen molar-refractivity contribution in [3.05, 3.63) is 102 Å². The number of Topliss-reactive ketones (excluding diaryl/α,β-unsaturated/α-hetero) is 1. The van der Waals surface area contributed by atoms with Crippen LogP contribution >= 0.6 is 0 Å². The Labute approximate surface area is 262 Å². The van der Waals surface area contributed by atoms with Gasteiger partial charge >= 0.3 is 6.36 Å². The molecule has 45 heavy (non-hydrogen) atoms.